The lowest BCUT2D eigenvalue weighted by Crippen LogP contribution is -2.06. The molecule has 1 aromatic heterocycles. The van der Waals surface area contributed by atoms with Gasteiger partial charge in [0.05, 0.1) is 5.56 Å². The fraction of sp³-hybridized carbons (Fsp3) is 0.111. The summed E-state index contributed by atoms with van der Waals surface area (Å²) in [7, 11) is 0. The maximum atomic E-state index is 12.6. The Morgan fingerprint density at radius 2 is 1.94 bits per heavy atom. The van der Waals surface area contributed by atoms with Crippen molar-refractivity contribution in [3.05, 3.63) is 29.2 Å². The molecule has 0 unspecified atom stereocenters. The Morgan fingerprint density at radius 1 is 1.25 bits per heavy atom. The molecule has 0 fully saturated rings. The number of hydrogen-bond acceptors (Lipinski definition) is 3. The Balaban J connectivity index is 2.85. The standard InChI is InChI=1S/C9H4ClF3N2O/c10-8-14-3-4-5(9(11,12)13)1-2-6(16)7(4)15-8/h1-3,16H. The van der Waals surface area contributed by atoms with E-state index < -0.39 is 11.7 Å². The molecule has 0 saturated heterocycles. The summed E-state index contributed by atoms with van der Waals surface area (Å²) in [6.07, 6.45) is -3.59. The number of fused-ring (bicyclic) bond motifs is 1. The Hall–Kier alpha value is -1.56. The van der Waals surface area contributed by atoms with Gasteiger partial charge in [-0.25, -0.2) is 9.97 Å². The van der Waals surface area contributed by atoms with Crippen LogP contribution in [0.4, 0.5) is 13.2 Å². The highest BCUT2D eigenvalue weighted by molar-refractivity contribution is 6.28. The lowest BCUT2D eigenvalue weighted by molar-refractivity contribution is -0.136. The number of benzene rings is 1. The van der Waals surface area contributed by atoms with Gasteiger partial charge in [-0.05, 0) is 23.7 Å². The van der Waals surface area contributed by atoms with Crippen LogP contribution >= 0.6 is 11.6 Å². The summed E-state index contributed by atoms with van der Waals surface area (Å²) in [5, 5.41) is 8.87. The third-order valence-corrected chi connectivity index (χ3v) is 2.19. The summed E-state index contributed by atoms with van der Waals surface area (Å²) in [6, 6.07) is 1.70. The van der Waals surface area contributed by atoms with Gasteiger partial charge in [0.15, 0.2) is 0 Å². The minimum Gasteiger partial charge on any atom is -0.506 e. The van der Waals surface area contributed by atoms with Crippen LogP contribution in [0.2, 0.25) is 5.28 Å². The van der Waals surface area contributed by atoms with Crippen LogP contribution in [0.3, 0.4) is 0 Å². The van der Waals surface area contributed by atoms with Crippen molar-refractivity contribution in [2.75, 3.05) is 0 Å². The van der Waals surface area contributed by atoms with Gasteiger partial charge in [-0.3, -0.25) is 0 Å². The predicted octanol–water partition coefficient (Wildman–Crippen LogP) is 3.01. The molecule has 0 amide bonds. The van der Waals surface area contributed by atoms with Crippen molar-refractivity contribution in [3.8, 4) is 5.75 Å². The van der Waals surface area contributed by atoms with Gasteiger partial charge in [-0.1, -0.05) is 0 Å². The predicted molar refractivity (Wildman–Crippen MR) is 51.2 cm³/mol. The average Bonchev–Trinajstić information content (AvgIpc) is 2.17. The number of phenolic OH excluding ortho intramolecular Hbond substituents is 1. The Kier molecular flexibility index (Phi) is 2.38. The van der Waals surface area contributed by atoms with Crippen LogP contribution in [0.15, 0.2) is 18.3 Å². The molecule has 0 aliphatic rings. The number of aromatic hydroxyl groups is 1. The summed E-state index contributed by atoms with van der Waals surface area (Å²) >= 11 is 5.44. The molecule has 0 atom stereocenters. The fourth-order valence-electron chi connectivity index (χ4n) is 1.33. The van der Waals surface area contributed by atoms with E-state index in [-0.39, 0.29) is 21.9 Å². The first-order valence-corrected chi connectivity index (χ1v) is 4.49. The molecule has 0 radical (unpaired) electrons. The lowest BCUT2D eigenvalue weighted by atomic mass is 10.1. The van der Waals surface area contributed by atoms with Gasteiger partial charge in [-0.15, -0.1) is 0 Å². The molecule has 1 N–H and O–H groups in total. The molecule has 7 heteroatoms. The largest absolute Gasteiger partial charge is 0.506 e. The molecule has 0 aliphatic carbocycles. The molecule has 84 valence electrons. The molecular weight excluding hydrogens is 245 g/mol. The van der Waals surface area contributed by atoms with Crippen LogP contribution in [-0.2, 0) is 6.18 Å². The highest BCUT2D eigenvalue weighted by Crippen LogP contribution is 2.36. The van der Waals surface area contributed by atoms with Gasteiger partial charge < -0.3 is 5.11 Å². The molecule has 0 aliphatic heterocycles. The van der Waals surface area contributed by atoms with Crippen molar-refractivity contribution in [1.82, 2.24) is 9.97 Å². The van der Waals surface area contributed by atoms with Gasteiger partial charge >= 0.3 is 6.18 Å². The summed E-state index contributed by atoms with van der Waals surface area (Å²) in [4.78, 5) is 7.02. The SMILES string of the molecule is Oc1ccc(C(F)(F)F)c2cnc(Cl)nc12. The second kappa shape index (κ2) is 3.48. The second-order valence-electron chi connectivity index (χ2n) is 3.03. The van der Waals surface area contributed by atoms with Gasteiger partial charge in [0.25, 0.3) is 0 Å². The van der Waals surface area contributed by atoms with E-state index in [1.165, 1.54) is 0 Å². The minimum atomic E-state index is -4.52. The van der Waals surface area contributed by atoms with Crippen LogP contribution in [0.5, 0.6) is 5.75 Å². The third kappa shape index (κ3) is 1.76. The second-order valence-corrected chi connectivity index (χ2v) is 3.37. The van der Waals surface area contributed by atoms with Crippen molar-refractivity contribution < 1.29 is 18.3 Å². The fourth-order valence-corrected chi connectivity index (χ4v) is 1.46. The van der Waals surface area contributed by atoms with Crippen LogP contribution in [0, 0.1) is 0 Å². The first kappa shape index (κ1) is 10.9. The zero-order valence-electron chi connectivity index (χ0n) is 7.59. The topological polar surface area (TPSA) is 46.0 Å². The van der Waals surface area contributed by atoms with Gasteiger partial charge in [0.1, 0.15) is 11.3 Å². The van der Waals surface area contributed by atoms with E-state index in [0.29, 0.717) is 0 Å². The molecule has 16 heavy (non-hydrogen) atoms. The molecular formula is C9H4ClF3N2O. The Labute approximate surface area is 92.5 Å². The van der Waals surface area contributed by atoms with E-state index in [0.717, 1.165) is 18.3 Å². The third-order valence-electron chi connectivity index (χ3n) is 2.01. The first-order valence-electron chi connectivity index (χ1n) is 4.11. The molecule has 1 heterocycles. The van der Waals surface area contributed by atoms with Crippen molar-refractivity contribution in [2.45, 2.75) is 6.18 Å². The maximum Gasteiger partial charge on any atom is 0.417 e. The Morgan fingerprint density at radius 3 is 2.56 bits per heavy atom. The van der Waals surface area contributed by atoms with Crippen molar-refractivity contribution >= 4 is 22.5 Å². The molecule has 0 bridgehead atoms. The Bertz CT molecular complexity index is 556. The van der Waals surface area contributed by atoms with E-state index in [4.69, 9.17) is 11.6 Å². The molecule has 0 spiro atoms. The van der Waals surface area contributed by atoms with Crippen molar-refractivity contribution in [2.24, 2.45) is 0 Å². The van der Waals surface area contributed by atoms with E-state index in [1.807, 2.05) is 0 Å². The van der Waals surface area contributed by atoms with E-state index in [1.54, 1.807) is 0 Å². The van der Waals surface area contributed by atoms with Gasteiger partial charge in [-0.2, -0.15) is 13.2 Å². The molecule has 3 nitrogen and oxygen atoms in total. The molecule has 0 saturated carbocycles. The zero-order chi connectivity index (χ0) is 11.9. The van der Waals surface area contributed by atoms with Crippen LogP contribution in [0.25, 0.3) is 10.9 Å². The van der Waals surface area contributed by atoms with Crippen LogP contribution < -0.4 is 0 Å². The molecule has 1 aromatic carbocycles. The average molecular weight is 249 g/mol. The quantitative estimate of drug-likeness (QED) is 0.729. The number of rotatable bonds is 0. The summed E-state index contributed by atoms with van der Waals surface area (Å²) in [5.41, 5.74) is -1.12. The van der Waals surface area contributed by atoms with E-state index in [9.17, 15) is 18.3 Å². The molecule has 2 aromatic rings. The number of hydrogen-bond donors (Lipinski definition) is 1. The summed E-state index contributed by atoms with van der Waals surface area (Å²) < 4.78 is 37.7. The van der Waals surface area contributed by atoms with E-state index >= 15 is 0 Å². The normalized spacial score (nSPS) is 12.0. The van der Waals surface area contributed by atoms with Gasteiger partial charge in [0.2, 0.25) is 5.28 Å². The number of halogens is 4. The lowest BCUT2D eigenvalue weighted by Gasteiger charge is -2.10. The number of phenols is 1. The zero-order valence-corrected chi connectivity index (χ0v) is 8.34. The number of aromatic nitrogens is 2. The summed E-state index contributed by atoms with van der Waals surface area (Å²) in [6.45, 7) is 0. The van der Waals surface area contributed by atoms with Crippen molar-refractivity contribution in [1.29, 1.82) is 0 Å². The highest BCUT2D eigenvalue weighted by Gasteiger charge is 2.33. The maximum absolute atomic E-state index is 12.6. The van der Waals surface area contributed by atoms with E-state index in [2.05, 4.69) is 9.97 Å². The molecule has 2 rings (SSSR count). The van der Waals surface area contributed by atoms with Crippen LogP contribution in [0.1, 0.15) is 5.56 Å². The smallest absolute Gasteiger partial charge is 0.417 e. The van der Waals surface area contributed by atoms with Crippen molar-refractivity contribution in [3.63, 3.8) is 0 Å². The monoisotopic (exact) mass is 248 g/mol. The minimum absolute atomic E-state index is 0.213. The number of alkyl halides is 3. The van der Waals surface area contributed by atoms with Gasteiger partial charge in [0, 0.05) is 11.6 Å². The highest BCUT2D eigenvalue weighted by atomic mass is 35.5. The number of nitrogens with zero attached hydrogens (tertiary/aromatic N) is 2. The first-order chi connectivity index (χ1) is 7.39. The van der Waals surface area contributed by atoms with Crippen LogP contribution in [-0.4, -0.2) is 15.1 Å². The summed E-state index contributed by atoms with van der Waals surface area (Å²) in [5.74, 6) is -0.368.